The van der Waals surface area contributed by atoms with Gasteiger partial charge in [-0.1, -0.05) is 0 Å². The monoisotopic (exact) mass is 312 g/mol. The molecule has 1 aromatic carbocycles. The van der Waals surface area contributed by atoms with Crippen molar-refractivity contribution >= 4 is 18.0 Å². The Bertz CT molecular complexity index is 526. The minimum Gasteiger partial charge on any atom is -0.493 e. The van der Waals surface area contributed by atoms with Crippen LogP contribution in [0, 0.1) is 0 Å². The Hall–Kier alpha value is -2.45. The van der Waals surface area contributed by atoms with E-state index in [1.54, 1.807) is 0 Å². The molecule has 0 saturated heterocycles. The first-order valence-electron chi connectivity index (χ1n) is 6.25. The van der Waals surface area contributed by atoms with Gasteiger partial charge in [0.2, 0.25) is 0 Å². The summed E-state index contributed by atoms with van der Waals surface area (Å²) in [7, 11) is 2.88. The predicted octanol–water partition coefficient (Wildman–Crippen LogP) is 0.577. The van der Waals surface area contributed by atoms with Gasteiger partial charge in [-0.2, -0.15) is 0 Å². The van der Waals surface area contributed by atoms with Gasteiger partial charge in [-0.25, -0.2) is 14.6 Å². The first kappa shape index (κ1) is 17.6. The summed E-state index contributed by atoms with van der Waals surface area (Å²) in [5.41, 5.74) is 0.112. The van der Waals surface area contributed by atoms with Crippen LogP contribution in [0.1, 0.15) is 10.4 Å². The zero-order valence-corrected chi connectivity index (χ0v) is 12.2. The summed E-state index contributed by atoms with van der Waals surface area (Å²) in [6, 6.07) is 4.32. The number of benzene rings is 1. The van der Waals surface area contributed by atoms with Gasteiger partial charge in [0.15, 0.2) is 11.5 Å². The molecule has 0 unspecified atom stereocenters. The lowest BCUT2D eigenvalue weighted by molar-refractivity contribution is -0.290. The molecule has 0 aromatic heterocycles. The van der Waals surface area contributed by atoms with Crippen LogP contribution in [-0.4, -0.2) is 52.1 Å². The number of methoxy groups -OCH3 is 2. The number of esters is 1. The third kappa shape index (κ3) is 5.15. The Morgan fingerprint density at radius 3 is 2.41 bits per heavy atom. The van der Waals surface area contributed by atoms with Gasteiger partial charge in [-0.15, -0.1) is 0 Å². The number of ether oxygens (including phenoxy) is 3. The van der Waals surface area contributed by atoms with E-state index in [0.29, 0.717) is 17.8 Å². The van der Waals surface area contributed by atoms with E-state index in [1.807, 2.05) is 0 Å². The van der Waals surface area contributed by atoms with Gasteiger partial charge < -0.3 is 19.0 Å². The van der Waals surface area contributed by atoms with Crippen LogP contribution in [-0.2, 0) is 24.1 Å². The molecule has 8 heteroatoms. The van der Waals surface area contributed by atoms with Crippen LogP contribution in [0.25, 0.3) is 0 Å². The van der Waals surface area contributed by atoms with Crippen LogP contribution in [0.4, 0.5) is 0 Å². The average molecular weight is 312 g/mol. The van der Waals surface area contributed by atoms with E-state index in [-0.39, 0.29) is 25.4 Å². The lowest BCUT2D eigenvalue weighted by atomic mass is 10.1. The summed E-state index contributed by atoms with van der Waals surface area (Å²) in [6.07, 6.45) is 0.507. The summed E-state index contributed by atoms with van der Waals surface area (Å²) in [4.78, 5) is 42.3. The fourth-order valence-electron chi connectivity index (χ4n) is 1.46. The number of Topliss-reactive ketones (excluding diaryl/α,β-unsaturated/α-hetero) is 1. The zero-order valence-electron chi connectivity index (χ0n) is 12.2. The highest BCUT2D eigenvalue weighted by Gasteiger charge is 2.19. The Balaban J connectivity index is 2.52. The van der Waals surface area contributed by atoms with Crippen molar-refractivity contribution in [3.8, 4) is 11.5 Å². The van der Waals surface area contributed by atoms with Crippen LogP contribution in [0.2, 0.25) is 0 Å². The van der Waals surface area contributed by atoms with E-state index in [4.69, 9.17) is 14.2 Å². The average Bonchev–Trinajstić information content (AvgIpc) is 2.56. The van der Waals surface area contributed by atoms with Crippen molar-refractivity contribution in [1.82, 2.24) is 0 Å². The number of carbonyl (C=O) groups excluding carboxylic acids is 3. The molecule has 22 heavy (non-hydrogen) atoms. The molecule has 1 aromatic rings. The Morgan fingerprint density at radius 1 is 1.05 bits per heavy atom. The third-order valence-corrected chi connectivity index (χ3v) is 2.45. The van der Waals surface area contributed by atoms with E-state index in [1.165, 1.54) is 32.4 Å². The SMILES string of the molecule is COc1ccc(C(=O)C(=O)OCCOOCC=O)cc1OC. The largest absolute Gasteiger partial charge is 0.493 e. The van der Waals surface area contributed by atoms with Crippen LogP contribution in [0.3, 0.4) is 0 Å². The summed E-state index contributed by atoms with van der Waals surface area (Å²) >= 11 is 0. The fraction of sp³-hybridized carbons (Fsp3) is 0.357. The van der Waals surface area contributed by atoms with Gasteiger partial charge in [0.1, 0.15) is 26.1 Å². The minimum absolute atomic E-state index is 0.0984. The fourth-order valence-corrected chi connectivity index (χ4v) is 1.46. The number of hydrogen-bond acceptors (Lipinski definition) is 8. The maximum absolute atomic E-state index is 11.9. The highest BCUT2D eigenvalue weighted by molar-refractivity contribution is 6.40. The van der Waals surface area contributed by atoms with Crippen LogP contribution < -0.4 is 9.47 Å². The van der Waals surface area contributed by atoms with Gasteiger partial charge in [0.05, 0.1) is 14.2 Å². The van der Waals surface area contributed by atoms with Crippen molar-refractivity contribution in [1.29, 1.82) is 0 Å². The van der Waals surface area contributed by atoms with E-state index in [9.17, 15) is 14.4 Å². The van der Waals surface area contributed by atoms with Crippen molar-refractivity contribution in [2.24, 2.45) is 0 Å². The molecule has 0 atom stereocenters. The van der Waals surface area contributed by atoms with E-state index in [2.05, 4.69) is 9.78 Å². The standard InChI is InChI=1S/C14H16O8/c1-18-11-4-3-10(9-12(11)19-2)13(16)14(17)20-7-8-22-21-6-5-15/h3-5,9H,6-8H2,1-2H3. The van der Waals surface area contributed by atoms with Crippen LogP contribution in [0.5, 0.6) is 11.5 Å². The second-order valence-corrected chi connectivity index (χ2v) is 3.81. The third-order valence-electron chi connectivity index (χ3n) is 2.45. The molecular formula is C14H16O8. The van der Waals surface area contributed by atoms with Gasteiger partial charge >= 0.3 is 5.97 Å². The molecule has 0 aliphatic carbocycles. The summed E-state index contributed by atoms with van der Waals surface area (Å²) in [5.74, 6) is -1.10. The molecule has 0 bridgehead atoms. The second-order valence-electron chi connectivity index (χ2n) is 3.81. The summed E-state index contributed by atoms with van der Waals surface area (Å²) in [5, 5.41) is 0. The molecule has 0 aliphatic heterocycles. The maximum atomic E-state index is 11.9. The number of hydrogen-bond donors (Lipinski definition) is 0. The van der Waals surface area contributed by atoms with Gasteiger partial charge in [0, 0.05) is 5.56 Å². The Morgan fingerprint density at radius 2 is 1.77 bits per heavy atom. The number of carbonyl (C=O) groups is 3. The summed E-state index contributed by atoms with van der Waals surface area (Å²) in [6.45, 7) is -0.506. The molecule has 8 nitrogen and oxygen atoms in total. The Kier molecular flexibility index (Phi) is 7.58. The lowest BCUT2D eigenvalue weighted by Gasteiger charge is -2.09. The lowest BCUT2D eigenvalue weighted by Crippen LogP contribution is -2.20. The number of aldehydes is 1. The molecule has 0 heterocycles. The molecule has 0 fully saturated rings. The molecule has 0 spiro atoms. The van der Waals surface area contributed by atoms with Gasteiger partial charge in [-0.05, 0) is 18.2 Å². The van der Waals surface area contributed by atoms with Crippen molar-refractivity contribution in [3.63, 3.8) is 0 Å². The topological polar surface area (TPSA) is 97.4 Å². The van der Waals surface area contributed by atoms with Crippen molar-refractivity contribution in [2.75, 3.05) is 34.0 Å². The van der Waals surface area contributed by atoms with E-state index < -0.39 is 11.8 Å². The van der Waals surface area contributed by atoms with Crippen LogP contribution >= 0.6 is 0 Å². The molecule has 120 valence electrons. The molecular weight excluding hydrogens is 296 g/mol. The normalized spacial score (nSPS) is 9.91. The van der Waals surface area contributed by atoms with Crippen molar-refractivity contribution < 1.29 is 38.4 Å². The highest BCUT2D eigenvalue weighted by atomic mass is 17.2. The highest BCUT2D eigenvalue weighted by Crippen LogP contribution is 2.27. The molecule has 0 aliphatic rings. The first-order chi connectivity index (χ1) is 10.6. The maximum Gasteiger partial charge on any atom is 0.379 e. The molecule has 0 N–H and O–H groups in total. The summed E-state index contributed by atoms with van der Waals surface area (Å²) < 4.78 is 14.8. The second kappa shape index (κ2) is 9.48. The first-order valence-corrected chi connectivity index (χ1v) is 6.25. The minimum atomic E-state index is -1.04. The molecule has 0 saturated carbocycles. The van der Waals surface area contributed by atoms with E-state index >= 15 is 0 Å². The quantitative estimate of drug-likeness (QED) is 0.118. The molecule has 0 amide bonds. The van der Waals surface area contributed by atoms with E-state index in [0.717, 1.165) is 0 Å². The molecule has 0 radical (unpaired) electrons. The van der Waals surface area contributed by atoms with Gasteiger partial charge in [0.25, 0.3) is 5.78 Å². The van der Waals surface area contributed by atoms with Crippen molar-refractivity contribution in [3.05, 3.63) is 23.8 Å². The smallest absolute Gasteiger partial charge is 0.379 e. The van der Waals surface area contributed by atoms with Gasteiger partial charge in [-0.3, -0.25) is 4.79 Å². The molecule has 1 rings (SSSR count). The van der Waals surface area contributed by atoms with Crippen LogP contribution in [0.15, 0.2) is 18.2 Å². The zero-order chi connectivity index (χ0) is 16.4. The Labute approximate surface area is 126 Å². The van der Waals surface area contributed by atoms with Crippen molar-refractivity contribution in [2.45, 2.75) is 0 Å². The number of rotatable bonds is 10. The predicted molar refractivity (Wildman–Crippen MR) is 72.8 cm³/mol. The number of ketones is 1.